The molecule has 2 rings (SSSR count). The number of rotatable bonds is 13. The molecule has 0 aromatic carbocycles. The maximum atomic E-state index is 12.0. The van der Waals surface area contributed by atoms with Gasteiger partial charge in [0.05, 0.1) is 12.7 Å². The fourth-order valence-corrected chi connectivity index (χ4v) is 7.81. The molecular weight excluding hydrogens is 645 g/mol. The highest BCUT2D eigenvalue weighted by molar-refractivity contribution is 14.1. The standard InChI is InChI=1S/C12H20BINO12P3S2/c1-31-32-12(8-2-4-15-5-3-8)25-9-6-11(13-14)24-10(9)7-23-29(19,20)27-30(21,22)26-28(16,17)18/h2-5,9-13H,6-7H2,1H3,(H,19,20)(H,21,22)(H2,16,17,18). The van der Waals surface area contributed by atoms with Crippen molar-refractivity contribution in [2.45, 2.75) is 30.1 Å². The molecule has 0 amide bonds. The van der Waals surface area contributed by atoms with Gasteiger partial charge in [-0.05, 0) is 30.4 Å². The molecule has 0 spiro atoms. The predicted molar refractivity (Wildman–Crippen MR) is 127 cm³/mol. The van der Waals surface area contributed by atoms with Crippen molar-refractivity contribution < 1.29 is 55.9 Å². The molecule has 1 aromatic rings. The number of ether oxygens (including phenoxy) is 2. The minimum atomic E-state index is -5.59. The summed E-state index contributed by atoms with van der Waals surface area (Å²) in [4.78, 5) is 40.1. The van der Waals surface area contributed by atoms with Gasteiger partial charge in [-0.2, -0.15) is 31.0 Å². The Morgan fingerprint density at radius 1 is 1.22 bits per heavy atom. The van der Waals surface area contributed by atoms with Gasteiger partial charge in [-0.1, -0.05) is 21.6 Å². The Hall–Kier alpha value is 0.975. The van der Waals surface area contributed by atoms with E-state index < -0.39 is 47.7 Å². The minimum absolute atomic E-state index is 0.229. The third-order valence-corrected chi connectivity index (χ3v) is 10.4. The van der Waals surface area contributed by atoms with E-state index in [4.69, 9.17) is 23.8 Å². The first-order valence-corrected chi connectivity index (χ1v) is 17.3. The van der Waals surface area contributed by atoms with E-state index in [1.54, 1.807) is 24.5 Å². The van der Waals surface area contributed by atoms with Crippen LogP contribution in [-0.2, 0) is 36.3 Å². The van der Waals surface area contributed by atoms with E-state index in [2.05, 4.69) is 36.0 Å². The van der Waals surface area contributed by atoms with E-state index >= 15 is 0 Å². The quantitative estimate of drug-likeness (QED) is 0.0790. The Kier molecular flexibility index (Phi) is 11.7. The lowest BCUT2D eigenvalue weighted by Crippen LogP contribution is -2.29. The summed E-state index contributed by atoms with van der Waals surface area (Å²) in [5.74, 6) is 0. The minimum Gasteiger partial charge on any atom is -0.377 e. The molecule has 2 heterocycles. The number of nitrogens with zero attached hydrogens (tertiary/aromatic N) is 1. The number of hydrogen-bond acceptors (Lipinski definition) is 11. The molecule has 4 N–H and O–H groups in total. The predicted octanol–water partition coefficient (Wildman–Crippen LogP) is 2.72. The maximum absolute atomic E-state index is 12.0. The third-order valence-electron chi connectivity index (χ3n) is 3.73. The highest BCUT2D eigenvalue weighted by atomic mass is 127. The van der Waals surface area contributed by atoms with E-state index in [1.165, 1.54) is 21.6 Å². The molecule has 182 valence electrons. The molecule has 1 saturated heterocycles. The summed E-state index contributed by atoms with van der Waals surface area (Å²) < 4.78 is 58.3. The summed E-state index contributed by atoms with van der Waals surface area (Å²) in [7, 11) is -13.4. The maximum Gasteiger partial charge on any atom is 0.490 e. The van der Waals surface area contributed by atoms with E-state index in [-0.39, 0.29) is 6.00 Å². The number of phosphoric ester groups is 1. The fourth-order valence-electron chi connectivity index (χ4n) is 2.58. The molecule has 0 aliphatic carbocycles. The highest BCUT2D eigenvalue weighted by Crippen LogP contribution is 2.66. The van der Waals surface area contributed by atoms with Crippen molar-refractivity contribution in [1.82, 2.24) is 4.98 Å². The summed E-state index contributed by atoms with van der Waals surface area (Å²) in [6.45, 7) is -0.561. The van der Waals surface area contributed by atoms with E-state index in [9.17, 15) is 23.5 Å². The lowest BCUT2D eigenvalue weighted by molar-refractivity contribution is -0.0447. The molecule has 6 atom stereocenters. The largest absolute Gasteiger partial charge is 0.490 e. The first-order valence-electron chi connectivity index (χ1n) is 8.59. The summed E-state index contributed by atoms with van der Waals surface area (Å²) in [6, 6.07) is 3.36. The Morgan fingerprint density at radius 3 is 2.44 bits per heavy atom. The Balaban J connectivity index is 2.05. The van der Waals surface area contributed by atoms with Gasteiger partial charge in [0.15, 0.2) is 0 Å². The van der Waals surface area contributed by atoms with Crippen LogP contribution in [0, 0.1) is 0 Å². The van der Waals surface area contributed by atoms with Crippen LogP contribution in [0.1, 0.15) is 17.4 Å². The number of hydrogen-bond donors (Lipinski definition) is 4. The average Bonchev–Trinajstić information content (AvgIpc) is 3.06. The first kappa shape index (κ1) is 29.2. The van der Waals surface area contributed by atoms with E-state index in [0.717, 1.165) is 5.56 Å². The Labute approximate surface area is 205 Å². The van der Waals surface area contributed by atoms with Crippen molar-refractivity contribution in [2.75, 3.05) is 12.9 Å². The van der Waals surface area contributed by atoms with Crippen molar-refractivity contribution in [3.05, 3.63) is 30.1 Å². The second kappa shape index (κ2) is 12.8. The molecule has 32 heavy (non-hydrogen) atoms. The van der Waals surface area contributed by atoms with Gasteiger partial charge in [0, 0.05) is 18.4 Å². The summed E-state index contributed by atoms with van der Waals surface area (Å²) in [6.07, 6.45) is 4.21. The lowest BCUT2D eigenvalue weighted by Gasteiger charge is -2.25. The molecule has 6 unspecified atom stereocenters. The van der Waals surface area contributed by atoms with Gasteiger partial charge in [-0.25, -0.2) is 13.7 Å². The van der Waals surface area contributed by atoms with Crippen LogP contribution < -0.4 is 0 Å². The van der Waals surface area contributed by atoms with Crippen LogP contribution in [0.2, 0.25) is 0 Å². The van der Waals surface area contributed by atoms with Crippen molar-refractivity contribution >= 4 is 72.6 Å². The van der Waals surface area contributed by atoms with Gasteiger partial charge in [0.25, 0.3) is 0 Å². The van der Waals surface area contributed by atoms with Crippen molar-refractivity contribution in [3.8, 4) is 0 Å². The van der Waals surface area contributed by atoms with Gasteiger partial charge in [0.1, 0.15) is 11.5 Å². The SMILES string of the molecule is CSSC(OC1CC(BI)OC1COP(=O)(O)OP(=O)(O)OP(=O)(O)O)c1ccncc1. The molecule has 1 aliphatic rings. The molecule has 1 aromatic heterocycles. The van der Waals surface area contributed by atoms with Crippen LogP contribution >= 0.6 is 67.4 Å². The number of halogens is 1. The second-order valence-corrected chi connectivity index (χ2v) is 14.0. The zero-order chi connectivity index (χ0) is 24.0. The van der Waals surface area contributed by atoms with Crippen LogP contribution in [0.4, 0.5) is 0 Å². The third kappa shape index (κ3) is 10.3. The molecule has 13 nitrogen and oxygen atoms in total. The van der Waals surface area contributed by atoms with Crippen LogP contribution in [0.25, 0.3) is 0 Å². The normalized spacial score (nSPS) is 26.2. The molecule has 0 radical (unpaired) electrons. The van der Waals surface area contributed by atoms with Crippen LogP contribution in [0.3, 0.4) is 0 Å². The van der Waals surface area contributed by atoms with E-state index in [1.807, 2.05) is 6.26 Å². The zero-order valence-electron chi connectivity index (χ0n) is 16.3. The number of aromatic nitrogens is 1. The van der Waals surface area contributed by atoms with Crippen molar-refractivity contribution in [2.24, 2.45) is 0 Å². The summed E-state index contributed by atoms with van der Waals surface area (Å²) in [5, 5.41) is 0.610. The van der Waals surface area contributed by atoms with Gasteiger partial charge >= 0.3 is 23.5 Å². The van der Waals surface area contributed by atoms with Crippen LogP contribution in [0.5, 0.6) is 0 Å². The highest BCUT2D eigenvalue weighted by Gasteiger charge is 2.43. The smallest absolute Gasteiger partial charge is 0.377 e. The van der Waals surface area contributed by atoms with Gasteiger partial charge in [0.2, 0.25) is 5.14 Å². The van der Waals surface area contributed by atoms with Gasteiger partial charge < -0.3 is 29.0 Å². The molecule has 0 bridgehead atoms. The topological polar surface area (TPSA) is 191 Å². The average molecular weight is 665 g/mol. The monoisotopic (exact) mass is 665 g/mol. The second-order valence-electron chi connectivity index (χ2n) is 6.12. The van der Waals surface area contributed by atoms with Crippen LogP contribution in [-0.4, -0.2) is 60.8 Å². The van der Waals surface area contributed by atoms with Crippen molar-refractivity contribution in [3.63, 3.8) is 0 Å². The molecule has 1 fully saturated rings. The molecule has 1 aliphatic heterocycles. The van der Waals surface area contributed by atoms with Gasteiger partial charge in [-0.15, -0.1) is 0 Å². The fraction of sp³-hybridized carbons (Fsp3) is 0.583. The number of pyridine rings is 1. The van der Waals surface area contributed by atoms with E-state index in [0.29, 0.717) is 11.6 Å². The lowest BCUT2D eigenvalue weighted by atomic mass is 9.96. The Bertz CT molecular complexity index is 884. The number of phosphoric acid groups is 3. The molecular formula is C12H20BINO12P3S2. The summed E-state index contributed by atoms with van der Waals surface area (Å²) >= 11 is 2.12. The molecule has 0 saturated carbocycles. The Morgan fingerprint density at radius 2 is 1.88 bits per heavy atom. The summed E-state index contributed by atoms with van der Waals surface area (Å²) in [5.41, 5.74) is 0.451. The molecule has 20 heteroatoms. The van der Waals surface area contributed by atoms with Gasteiger partial charge in [-0.3, -0.25) is 9.51 Å². The van der Waals surface area contributed by atoms with Crippen molar-refractivity contribution in [1.29, 1.82) is 0 Å². The zero-order valence-corrected chi connectivity index (χ0v) is 22.8. The van der Waals surface area contributed by atoms with Crippen LogP contribution in [0.15, 0.2) is 24.5 Å². The first-order chi connectivity index (χ1) is 14.8.